The summed E-state index contributed by atoms with van der Waals surface area (Å²) in [6.45, 7) is 5.06. The van der Waals surface area contributed by atoms with Gasteiger partial charge in [-0.15, -0.1) is 0 Å². The fourth-order valence-electron chi connectivity index (χ4n) is 2.49. The number of nitrogens with one attached hydrogen (secondary N) is 3. The molecular weight excluding hydrogens is 442 g/mol. The molecule has 0 radical (unpaired) electrons. The van der Waals surface area contributed by atoms with Crippen LogP contribution in [0.15, 0.2) is 52.3 Å². The molecule has 0 bridgehead atoms. The summed E-state index contributed by atoms with van der Waals surface area (Å²) in [5.41, 5.74) is 1.04. The number of sulfonamides is 2. The molecule has 170 valence electrons. The van der Waals surface area contributed by atoms with Gasteiger partial charge in [-0.2, -0.15) is 0 Å². The molecule has 2 aromatic carbocycles. The molecular formula is C20H27N3O6S2. The van der Waals surface area contributed by atoms with E-state index in [1.807, 2.05) is 6.92 Å². The van der Waals surface area contributed by atoms with Crippen LogP contribution in [-0.4, -0.2) is 42.4 Å². The average molecular weight is 470 g/mol. The molecule has 9 nitrogen and oxygen atoms in total. The number of carbonyl (C=O) groups excluding carboxylic acids is 1. The quantitative estimate of drug-likeness (QED) is 0.488. The second-order valence-electron chi connectivity index (χ2n) is 6.92. The summed E-state index contributed by atoms with van der Waals surface area (Å²) in [6.07, 6.45) is 0.665. The second-order valence-corrected chi connectivity index (χ2v) is 10.5. The zero-order valence-corrected chi connectivity index (χ0v) is 19.4. The minimum Gasteiger partial charge on any atom is -0.484 e. The molecule has 0 aliphatic carbocycles. The Kier molecular flexibility index (Phi) is 8.18. The van der Waals surface area contributed by atoms with Crippen LogP contribution in [0.1, 0.15) is 25.8 Å². The second kappa shape index (κ2) is 10.2. The Morgan fingerprint density at radius 1 is 1.00 bits per heavy atom. The minimum absolute atomic E-state index is 0.0274. The van der Waals surface area contributed by atoms with Crippen molar-refractivity contribution in [3.8, 4) is 5.75 Å². The lowest BCUT2D eigenvalue weighted by atomic mass is 10.2. The van der Waals surface area contributed by atoms with Crippen LogP contribution in [0.4, 0.5) is 5.69 Å². The molecule has 0 spiro atoms. The summed E-state index contributed by atoms with van der Waals surface area (Å²) in [4.78, 5) is 12.4. The minimum atomic E-state index is -3.64. The Labute approximate surface area is 183 Å². The summed E-state index contributed by atoms with van der Waals surface area (Å²) in [6, 6.07) is 9.93. The van der Waals surface area contributed by atoms with Crippen LogP contribution in [-0.2, 0) is 24.8 Å². The van der Waals surface area contributed by atoms with Crippen molar-refractivity contribution < 1.29 is 26.4 Å². The lowest BCUT2D eigenvalue weighted by molar-refractivity contribution is -0.118. The van der Waals surface area contributed by atoms with Gasteiger partial charge in [-0.1, -0.05) is 13.0 Å². The van der Waals surface area contributed by atoms with Crippen LogP contribution in [0.2, 0.25) is 0 Å². The number of carbonyl (C=O) groups is 1. The normalized spacial score (nSPS) is 12.9. The molecule has 31 heavy (non-hydrogen) atoms. The van der Waals surface area contributed by atoms with Gasteiger partial charge in [0.2, 0.25) is 20.0 Å². The van der Waals surface area contributed by atoms with Gasteiger partial charge < -0.3 is 10.1 Å². The average Bonchev–Trinajstić information content (AvgIpc) is 2.73. The van der Waals surface area contributed by atoms with Crippen LogP contribution in [0.5, 0.6) is 5.75 Å². The third-order valence-corrected chi connectivity index (χ3v) is 7.55. The Balaban J connectivity index is 2.02. The van der Waals surface area contributed by atoms with Gasteiger partial charge in [0, 0.05) is 11.7 Å². The topological polar surface area (TPSA) is 131 Å². The largest absolute Gasteiger partial charge is 0.484 e. The molecule has 1 atom stereocenters. The highest BCUT2D eigenvalue weighted by atomic mass is 32.2. The molecule has 0 aliphatic rings. The zero-order valence-electron chi connectivity index (χ0n) is 17.8. The molecule has 11 heteroatoms. The summed E-state index contributed by atoms with van der Waals surface area (Å²) in [5, 5.41) is 2.62. The number of hydrogen-bond acceptors (Lipinski definition) is 6. The van der Waals surface area contributed by atoms with E-state index in [1.165, 1.54) is 43.4 Å². The monoisotopic (exact) mass is 469 g/mol. The van der Waals surface area contributed by atoms with Gasteiger partial charge >= 0.3 is 0 Å². The maximum atomic E-state index is 12.3. The number of benzene rings is 2. The SMILES string of the molecule is CC[C@H](C)NS(=O)(=O)c1ccc(OCC(=O)Nc2cc(S(=O)(=O)NC)ccc2C)cc1. The molecule has 0 saturated heterocycles. The predicted molar refractivity (Wildman–Crippen MR) is 118 cm³/mol. The van der Waals surface area contributed by atoms with Crippen LogP contribution in [0.25, 0.3) is 0 Å². The molecule has 2 aromatic rings. The van der Waals surface area contributed by atoms with Gasteiger partial charge in [0.25, 0.3) is 5.91 Å². The van der Waals surface area contributed by atoms with Crippen molar-refractivity contribution in [2.45, 2.75) is 43.0 Å². The number of aryl methyl sites for hydroxylation is 1. The Morgan fingerprint density at radius 3 is 2.19 bits per heavy atom. The fraction of sp³-hybridized carbons (Fsp3) is 0.350. The van der Waals surface area contributed by atoms with Crippen LogP contribution >= 0.6 is 0 Å². The highest BCUT2D eigenvalue weighted by Crippen LogP contribution is 2.20. The first kappa shape index (κ1) is 24.8. The van der Waals surface area contributed by atoms with E-state index >= 15 is 0 Å². The molecule has 0 aromatic heterocycles. The van der Waals surface area contributed by atoms with E-state index in [9.17, 15) is 21.6 Å². The maximum Gasteiger partial charge on any atom is 0.262 e. The van der Waals surface area contributed by atoms with Crippen molar-refractivity contribution in [1.82, 2.24) is 9.44 Å². The summed E-state index contributed by atoms with van der Waals surface area (Å²) in [7, 11) is -5.96. The maximum absolute atomic E-state index is 12.3. The molecule has 2 rings (SSSR count). The van der Waals surface area contributed by atoms with E-state index in [0.29, 0.717) is 23.4 Å². The zero-order chi connectivity index (χ0) is 23.2. The van der Waals surface area contributed by atoms with Gasteiger partial charge in [0.1, 0.15) is 5.75 Å². The number of hydrogen-bond donors (Lipinski definition) is 3. The van der Waals surface area contributed by atoms with Crippen molar-refractivity contribution in [1.29, 1.82) is 0 Å². The number of anilines is 1. The lowest BCUT2D eigenvalue weighted by Gasteiger charge is -2.13. The van der Waals surface area contributed by atoms with E-state index < -0.39 is 26.0 Å². The Morgan fingerprint density at radius 2 is 1.61 bits per heavy atom. The number of ether oxygens (including phenoxy) is 1. The lowest BCUT2D eigenvalue weighted by Crippen LogP contribution is -2.31. The first-order chi connectivity index (χ1) is 14.5. The Bertz CT molecular complexity index is 1130. The van der Waals surface area contributed by atoms with E-state index in [4.69, 9.17) is 4.74 Å². The Hall–Kier alpha value is -2.47. The summed E-state index contributed by atoms with van der Waals surface area (Å²) in [5.74, 6) is -0.168. The van der Waals surface area contributed by atoms with Crippen molar-refractivity contribution in [3.63, 3.8) is 0 Å². The van der Waals surface area contributed by atoms with Gasteiger partial charge in [-0.3, -0.25) is 4.79 Å². The third kappa shape index (κ3) is 6.76. The summed E-state index contributed by atoms with van der Waals surface area (Å²) >= 11 is 0. The standard InChI is InChI=1S/C20H27N3O6S2/c1-5-15(3)23-31(27,28)17-10-7-16(8-11-17)29-13-20(24)22-19-12-18(9-6-14(19)2)30(25,26)21-4/h6-12,15,21,23H,5,13H2,1-4H3,(H,22,24)/t15-/m0/s1. The van der Waals surface area contributed by atoms with E-state index in [0.717, 1.165) is 0 Å². The van der Waals surface area contributed by atoms with Crippen molar-refractivity contribution in [2.24, 2.45) is 0 Å². The predicted octanol–water partition coefficient (Wildman–Crippen LogP) is 2.00. The van der Waals surface area contributed by atoms with Gasteiger partial charge in [-0.05, 0) is 69.3 Å². The van der Waals surface area contributed by atoms with Crippen molar-refractivity contribution in [3.05, 3.63) is 48.0 Å². The third-order valence-electron chi connectivity index (χ3n) is 4.53. The molecule has 0 unspecified atom stereocenters. The fourth-order valence-corrected chi connectivity index (χ4v) is 4.57. The molecule has 1 amide bonds. The first-order valence-electron chi connectivity index (χ1n) is 9.57. The first-order valence-corrected chi connectivity index (χ1v) is 12.5. The highest BCUT2D eigenvalue weighted by molar-refractivity contribution is 7.89. The van der Waals surface area contributed by atoms with Crippen LogP contribution < -0.4 is 19.5 Å². The number of amides is 1. The van der Waals surface area contributed by atoms with Gasteiger partial charge in [0.05, 0.1) is 9.79 Å². The van der Waals surface area contributed by atoms with Gasteiger partial charge in [-0.25, -0.2) is 26.3 Å². The highest BCUT2D eigenvalue weighted by Gasteiger charge is 2.17. The molecule has 0 fully saturated rings. The molecule has 3 N–H and O–H groups in total. The molecule has 0 saturated carbocycles. The smallest absolute Gasteiger partial charge is 0.262 e. The molecule has 0 aliphatic heterocycles. The number of rotatable bonds is 10. The van der Waals surface area contributed by atoms with Crippen molar-refractivity contribution in [2.75, 3.05) is 19.0 Å². The van der Waals surface area contributed by atoms with E-state index in [2.05, 4.69) is 14.8 Å². The van der Waals surface area contributed by atoms with Crippen molar-refractivity contribution >= 4 is 31.6 Å². The van der Waals surface area contributed by atoms with E-state index in [-0.39, 0.29) is 22.4 Å². The summed E-state index contributed by atoms with van der Waals surface area (Å²) < 4.78 is 58.6. The van der Waals surface area contributed by atoms with E-state index in [1.54, 1.807) is 19.9 Å². The van der Waals surface area contributed by atoms with Crippen LogP contribution in [0, 0.1) is 6.92 Å². The van der Waals surface area contributed by atoms with Crippen LogP contribution in [0.3, 0.4) is 0 Å². The van der Waals surface area contributed by atoms with Gasteiger partial charge in [0.15, 0.2) is 6.61 Å². The molecule has 0 heterocycles.